The van der Waals surface area contributed by atoms with Crippen LogP contribution in [0.3, 0.4) is 0 Å². The van der Waals surface area contributed by atoms with Gasteiger partial charge in [0.1, 0.15) is 18.1 Å². The number of nitrogens with one attached hydrogen (secondary N) is 2. The molecule has 0 aliphatic carbocycles. The SMILES string of the molecule is COc1ccc(OCCNCC(=O)Nc2ccccc2Cl)cc1. The Kier molecular flexibility index (Phi) is 6.72. The van der Waals surface area contributed by atoms with Crippen molar-refractivity contribution in [2.75, 3.05) is 32.1 Å². The van der Waals surface area contributed by atoms with Crippen LogP contribution in [0.2, 0.25) is 5.02 Å². The number of para-hydroxylation sites is 1. The predicted molar refractivity (Wildman–Crippen MR) is 91.4 cm³/mol. The van der Waals surface area contributed by atoms with E-state index in [1.807, 2.05) is 36.4 Å². The molecule has 2 aromatic carbocycles. The largest absolute Gasteiger partial charge is 0.497 e. The van der Waals surface area contributed by atoms with Gasteiger partial charge in [-0.15, -0.1) is 0 Å². The zero-order chi connectivity index (χ0) is 16.5. The molecule has 0 aliphatic rings. The number of hydrogen-bond donors (Lipinski definition) is 2. The molecule has 1 amide bonds. The summed E-state index contributed by atoms with van der Waals surface area (Å²) < 4.78 is 10.6. The van der Waals surface area contributed by atoms with Crippen molar-refractivity contribution in [2.45, 2.75) is 0 Å². The van der Waals surface area contributed by atoms with Gasteiger partial charge in [-0.2, -0.15) is 0 Å². The highest BCUT2D eigenvalue weighted by Crippen LogP contribution is 2.20. The molecule has 122 valence electrons. The summed E-state index contributed by atoms with van der Waals surface area (Å²) >= 11 is 5.98. The number of benzene rings is 2. The van der Waals surface area contributed by atoms with E-state index in [-0.39, 0.29) is 12.5 Å². The van der Waals surface area contributed by atoms with Crippen LogP contribution in [0.1, 0.15) is 0 Å². The van der Waals surface area contributed by atoms with Gasteiger partial charge in [0.15, 0.2) is 0 Å². The Balaban J connectivity index is 1.63. The predicted octanol–water partition coefficient (Wildman–Crippen LogP) is 2.96. The fourth-order valence-electron chi connectivity index (χ4n) is 1.87. The summed E-state index contributed by atoms with van der Waals surface area (Å²) in [5.74, 6) is 1.39. The van der Waals surface area contributed by atoms with E-state index in [4.69, 9.17) is 21.1 Å². The van der Waals surface area contributed by atoms with Gasteiger partial charge < -0.3 is 20.1 Å². The van der Waals surface area contributed by atoms with Gasteiger partial charge in [-0.25, -0.2) is 0 Å². The van der Waals surface area contributed by atoms with Crippen molar-refractivity contribution in [3.05, 3.63) is 53.6 Å². The number of halogens is 1. The van der Waals surface area contributed by atoms with Gasteiger partial charge >= 0.3 is 0 Å². The van der Waals surface area contributed by atoms with Crippen molar-refractivity contribution in [1.29, 1.82) is 0 Å². The molecule has 6 heteroatoms. The number of amides is 1. The van der Waals surface area contributed by atoms with Crippen LogP contribution in [-0.2, 0) is 4.79 Å². The van der Waals surface area contributed by atoms with Crippen LogP contribution in [0, 0.1) is 0 Å². The maximum Gasteiger partial charge on any atom is 0.238 e. The van der Waals surface area contributed by atoms with Crippen LogP contribution in [0.4, 0.5) is 5.69 Å². The molecule has 2 rings (SSSR count). The molecule has 5 nitrogen and oxygen atoms in total. The zero-order valence-electron chi connectivity index (χ0n) is 12.8. The minimum Gasteiger partial charge on any atom is -0.497 e. The first-order valence-electron chi connectivity index (χ1n) is 7.21. The highest BCUT2D eigenvalue weighted by molar-refractivity contribution is 6.33. The van der Waals surface area contributed by atoms with Crippen LogP contribution in [0.25, 0.3) is 0 Å². The topological polar surface area (TPSA) is 59.6 Å². The molecule has 0 saturated carbocycles. The lowest BCUT2D eigenvalue weighted by Crippen LogP contribution is -2.31. The second-order valence-electron chi connectivity index (χ2n) is 4.73. The Morgan fingerprint density at radius 1 is 1.09 bits per heavy atom. The summed E-state index contributed by atoms with van der Waals surface area (Å²) in [7, 11) is 1.62. The average Bonchev–Trinajstić information content (AvgIpc) is 2.57. The third-order valence-electron chi connectivity index (χ3n) is 3.04. The number of hydrogen-bond acceptors (Lipinski definition) is 4. The van der Waals surface area contributed by atoms with Gasteiger partial charge in [0.05, 0.1) is 24.4 Å². The third-order valence-corrected chi connectivity index (χ3v) is 3.37. The summed E-state index contributed by atoms with van der Waals surface area (Å²) in [6.07, 6.45) is 0. The average molecular weight is 335 g/mol. The van der Waals surface area contributed by atoms with Crippen molar-refractivity contribution in [1.82, 2.24) is 5.32 Å². The maximum absolute atomic E-state index is 11.8. The van der Waals surface area contributed by atoms with E-state index in [1.54, 1.807) is 19.2 Å². The Morgan fingerprint density at radius 3 is 2.48 bits per heavy atom. The molecule has 2 N–H and O–H groups in total. The fraction of sp³-hybridized carbons (Fsp3) is 0.235. The highest BCUT2D eigenvalue weighted by Gasteiger charge is 2.04. The van der Waals surface area contributed by atoms with E-state index in [0.29, 0.717) is 23.9 Å². The molecule has 2 aromatic rings. The monoisotopic (exact) mass is 334 g/mol. The molecular formula is C17H19ClN2O3. The Labute approximate surface area is 140 Å². The van der Waals surface area contributed by atoms with E-state index in [2.05, 4.69) is 10.6 Å². The molecule has 0 bridgehead atoms. The minimum absolute atomic E-state index is 0.150. The van der Waals surface area contributed by atoms with Crippen LogP contribution >= 0.6 is 11.6 Å². The highest BCUT2D eigenvalue weighted by atomic mass is 35.5. The molecule has 0 unspecified atom stereocenters. The Bertz CT molecular complexity index is 632. The van der Waals surface area contributed by atoms with Crippen molar-refractivity contribution < 1.29 is 14.3 Å². The van der Waals surface area contributed by atoms with Crippen molar-refractivity contribution in [3.8, 4) is 11.5 Å². The van der Waals surface area contributed by atoms with Crippen LogP contribution < -0.4 is 20.1 Å². The molecule has 0 fully saturated rings. The Morgan fingerprint density at radius 2 is 1.78 bits per heavy atom. The number of carbonyl (C=O) groups excluding carboxylic acids is 1. The molecule has 23 heavy (non-hydrogen) atoms. The first kappa shape index (κ1) is 17.1. The van der Waals surface area contributed by atoms with E-state index in [9.17, 15) is 4.79 Å². The van der Waals surface area contributed by atoms with E-state index < -0.39 is 0 Å². The molecule has 0 heterocycles. The number of anilines is 1. The van der Waals surface area contributed by atoms with Crippen molar-refractivity contribution in [2.24, 2.45) is 0 Å². The van der Waals surface area contributed by atoms with Gasteiger partial charge in [0.25, 0.3) is 0 Å². The molecular weight excluding hydrogens is 316 g/mol. The Hall–Kier alpha value is -2.24. The number of ether oxygens (including phenoxy) is 2. The second-order valence-corrected chi connectivity index (χ2v) is 5.14. The smallest absolute Gasteiger partial charge is 0.238 e. The molecule has 0 radical (unpaired) electrons. The first-order chi connectivity index (χ1) is 11.2. The van der Waals surface area contributed by atoms with E-state index in [1.165, 1.54) is 0 Å². The zero-order valence-corrected chi connectivity index (χ0v) is 13.6. The lowest BCUT2D eigenvalue weighted by Gasteiger charge is -2.09. The van der Waals surface area contributed by atoms with Crippen molar-refractivity contribution >= 4 is 23.2 Å². The minimum atomic E-state index is -0.150. The third kappa shape index (κ3) is 5.81. The summed E-state index contributed by atoms with van der Waals surface area (Å²) in [6, 6.07) is 14.5. The van der Waals surface area contributed by atoms with Crippen LogP contribution in [0.15, 0.2) is 48.5 Å². The first-order valence-corrected chi connectivity index (χ1v) is 7.59. The maximum atomic E-state index is 11.8. The lowest BCUT2D eigenvalue weighted by molar-refractivity contribution is -0.115. The number of methoxy groups -OCH3 is 1. The van der Waals surface area contributed by atoms with Gasteiger partial charge in [-0.05, 0) is 36.4 Å². The van der Waals surface area contributed by atoms with Gasteiger partial charge in [-0.3, -0.25) is 4.79 Å². The normalized spacial score (nSPS) is 10.2. The second kappa shape index (κ2) is 9.02. The standard InChI is InChI=1S/C17H19ClN2O3/c1-22-13-6-8-14(9-7-13)23-11-10-19-12-17(21)20-16-5-3-2-4-15(16)18/h2-9,19H,10-12H2,1H3,(H,20,21). The molecule has 0 saturated heterocycles. The summed E-state index contributed by atoms with van der Waals surface area (Å²) in [4.78, 5) is 11.8. The lowest BCUT2D eigenvalue weighted by atomic mass is 10.3. The number of carbonyl (C=O) groups is 1. The van der Waals surface area contributed by atoms with Crippen molar-refractivity contribution in [3.63, 3.8) is 0 Å². The quantitative estimate of drug-likeness (QED) is 0.729. The molecule has 0 aromatic heterocycles. The van der Waals surface area contributed by atoms with Gasteiger partial charge in [0, 0.05) is 6.54 Å². The van der Waals surface area contributed by atoms with Crippen LogP contribution in [-0.4, -0.2) is 32.7 Å². The van der Waals surface area contributed by atoms with E-state index in [0.717, 1.165) is 11.5 Å². The number of rotatable bonds is 8. The van der Waals surface area contributed by atoms with Crippen LogP contribution in [0.5, 0.6) is 11.5 Å². The summed E-state index contributed by atoms with van der Waals surface area (Å²) in [6.45, 7) is 1.21. The molecule has 0 spiro atoms. The fourth-order valence-corrected chi connectivity index (χ4v) is 2.05. The molecule has 0 aliphatic heterocycles. The van der Waals surface area contributed by atoms with Gasteiger partial charge in [-0.1, -0.05) is 23.7 Å². The van der Waals surface area contributed by atoms with Gasteiger partial charge in [0.2, 0.25) is 5.91 Å². The summed E-state index contributed by atoms with van der Waals surface area (Å²) in [5, 5.41) is 6.27. The van der Waals surface area contributed by atoms with E-state index >= 15 is 0 Å². The molecule has 0 atom stereocenters. The summed E-state index contributed by atoms with van der Waals surface area (Å²) in [5.41, 5.74) is 0.607.